The van der Waals surface area contributed by atoms with Crippen molar-refractivity contribution in [2.45, 2.75) is 25.4 Å². The molecule has 3 aromatic rings. The first-order chi connectivity index (χ1) is 11.3. The molecule has 23 heavy (non-hydrogen) atoms. The van der Waals surface area contributed by atoms with Crippen molar-refractivity contribution in [1.82, 2.24) is 29.7 Å². The number of aromatic nitrogens is 5. The fourth-order valence-corrected chi connectivity index (χ4v) is 2.94. The average Bonchev–Trinajstić information content (AvgIpc) is 3.11. The molecule has 7 heteroatoms. The smallest absolute Gasteiger partial charge is 0.240 e. The Balaban J connectivity index is 1.70. The standard InChI is InChI=1S/C16H20N6O/c1-21-10-12(9-19-21)14-11-22-15(5-8-18-22)16(20-14)23-13-3-2-6-17-7-4-13/h5,8-11,13,17H,2-4,6-7H2,1H3/t13-/m0/s1. The third-order valence-electron chi connectivity index (χ3n) is 4.16. The number of hydrogen-bond donors (Lipinski definition) is 1. The number of nitrogens with one attached hydrogen (secondary N) is 1. The number of aryl methyl sites for hydroxylation is 1. The number of ether oxygens (including phenoxy) is 1. The van der Waals surface area contributed by atoms with Crippen LogP contribution in [0.2, 0.25) is 0 Å². The second-order valence-electron chi connectivity index (χ2n) is 5.92. The molecule has 0 spiro atoms. The van der Waals surface area contributed by atoms with Gasteiger partial charge >= 0.3 is 0 Å². The van der Waals surface area contributed by atoms with Crippen molar-refractivity contribution in [3.8, 4) is 17.1 Å². The topological polar surface area (TPSA) is 69.3 Å². The molecule has 7 nitrogen and oxygen atoms in total. The third kappa shape index (κ3) is 2.92. The first-order valence-electron chi connectivity index (χ1n) is 8.00. The Hall–Kier alpha value is -2.41. The molecule has 0 aliphatic carbocycles. The van der Waals surface area contributed by atoms with Crippen molar-refractivity contribution < 1.29 is 4.74 Å². The molecule has 3 aromatic heterocycles. The van der Waals surface area contributed by atoms with Crippen molar-refractivity contribution in [1.29, 1.82) is 0 Å². The fraction of sp³-hybridized carbons (Fsp3) is 0.438. The Kier molecular flexibility index (Phi) is 3.70. The summed E-state index contributed by atoms with van der Waals surface area (Å²) in [6.45, 7) is 2.05. The van der Waals surface area contributed by atoms with Crippen LogP contribution in [-0.2, 0) is 7.05 Å². The molecule has 4 rings (SSSR count). The van der Waals surface area contributed by atoms with E-state index in [9.17, 15) is 0 Å². The molecule has 1 fully saturated rings. The second kappa shape index (κ2) is 6.00. The second-order valence-corrected chi connectivity index (χ2v) is 5.92. The lowest BCUT2D eigenvalue weighted by atomic mass is 10.1. The van der Waals surface area contributed by atoms with Crippen molar-refractivity contribution >= 4 is 5.52 Å². The monoisotopic (exact) mass is 312 g/mol. The van der Waals surface area contributed by atoms with Gasteiger partial charge in [0.1, 0.15) is 11.6 Å². The van der Waals surface area contributed by atoms with E-state index in [0.29, 0.717) is 5.88 Å². The van der Waals surface area contributed by atoms with Gasteiger partial charge in [0.15, 0.2) is 0 Å². The maximum atomic E-state index is 6.24. The van der Waals surface area contributed by atoms with Gasteiger partial charge in [0.2, 0.25) is 5.88 Å². The van der Waals surface area contributed by atoms with Crippen molar-refractivity contribution in [2.75, 3.05) is 13.1 Å². The molecule has 0 saturated carbocycles. The zero-order valence-corrected chi connectivity index (χ0v) is 13.1. The molecule has 1 aliphatic heterocycles. The van der Waals surface area contributed by atoms with Gasteiger partial charge in [0, 0.05) is 18.8 Å². The van der Waals surface area contributed by atoms with E-state index in [2.05, 4.69) is 15.5 Å². The van der Waals surface area contributed by atoms with Crippen LogP contribution < -0.4 is 10.1 Å². The van der Waals surface area contributed by atoms with E-state index in [-0.39, 0.29) is 6.10 Å². The number of hydrogen-bond acceptors (Lipinski definition) is 5. The number of rotatable bonds is 3. The highest BCUT2D eigenvalue weighted by atomic mass is 16.5. The van der Waals surface area contributed by atoms with Crippen LogP contribution in [0.4, 0.5) is 0 Å². The molecule has 1 saturated heterocycles. The van der Waals surface area contributed by atoms with Gasteiger partial charge in [-0.15, -0.1) is 0 Å². The summed E-state index contributed by atoms with van der Waals surface area (Å²) in [5.41, 5.74) is 2.67. The van der Waals surface area contributed by atoms with Crippen LogP contribution in [-0.4, -0.2) is 43.6 Å². The largest absolute Gasteiger partial charge is 0.473 e. The molecule has 0 amide bonds. The molecule has 1 aliphatic rings. The molecule has 4 heterocycles. The van der Waals surface area contributed by atoms with Crippen molar-refractivity contribution in [2.24, 2.45) is 7.05 Å². The van der Waals surface area contributed by atoms with Crippen molar-refractivity contribution in [3.05, 3.63) is 30.9 Å². The molecule has 120 valence electrons. The molecule has 0 aromatic carbocycles. The van der Waals surface area contributed by atoms with E-state index >= 15 is 0 Å². The van der Waals surface area contributed by atoms with Gasteiger partial charge in [-0.25, -0.2) is 9.50 Å². The minimum atomic E-state index is 0.195. The normalized spacial score (nSPS) is 18.9. The maximum absolute atomic E-state index is 6.24. The highest BCUT2D eigenvalue weighted by molar-refractivity contribution is 5.63. The summed E-state index contributed by atoms with van der Waals surface area (Å²) in [6.07, 6.45) is 10.8. The van der Waals surface area contributed by atoms with Crippen LogP contribution in [0.3, 0.4) is 0 Å². The zero-order valence-electron chi connectivity index (χ0n) is 13.1. The van der Waals surface area contributed by atoms with Crippen LogP contribution >= 0.6 is 0 Å². The molecule has 0 unspecified atom stereocenters. The average molecular weight is 312 g/mol. The Bertz CT molecular complexity index is 800. The lowest BCUT2D eigenvalue weighted by molar-refractivity contribution is 0.182. The molecule has 1 atom stereocenters. The van der Waals surface area contributed by atoms with Gasteiger partial charge in [-0.2, -0.15) is 10.2 Å². The van der Waals surface area contributed by atoms with E-state index in [1.54, 1.807) is 17.1 Å². The number of fused-ring (bicyclic) bond motifs is 1. The van der Waals surface area contributed by atoms with E-state index in [1.165, 1.54) is 0 Å². The van der Waals surface area contributed by atoms with Crippen LogP contribution in [0.25, 0.3) is 16.8 Å². The minimum absolute atomic E-state index is 0.195. The van der Waals surface area contributed by atoms with E-state index in [1.807, 2.05) is 30.0 Å². The van der Waals surface area contributed by atoms with Gasteiger partial charge in [-0.05, 0) is 38.4 Å². The molecule has 1 N–H and O–H groups in total. The van der Waals surface area contributed by atoms with E-state index in [4.69, 9.17) is 9.72 Å². The summed E-state index contributed by atoms with van der Waals surface area (Å²) in [7, 11) is 1.89. The summed E-state index contributed by atoms with van der Waals surface area (Å²) in [5, 5.41) is 12.0. The summed E-state index contributed by atoms with van der Waals surface area (Å²) >= 11 is 0. The Morgan fingerprint density at radius 2 is 2.17 bits per heavy atom. The molecule has 0 bridgehead atoms. The van der Waals surface area contributed by atoms with Gasteiger partial charge in [0.05, 0.1) is 24.3 Å². The van der Waals surface area contributed by atoms with Crippen LogP contribution in [0, 0.1) is 0 Å². The van der Waals surface area contributed by atoms with E-state index in [0.717, 1.165) is 49.1 Å². The minimum Gasteiger partial charge on any atom is -0.473 e. The van der Waals surface area contributed by atoms with Crippen LogP contribution in [0.1, 0.15) is 19.3 Å². The SMILES string of the molecule is Cn1cc(-c2cn3nccc3c(O[C@H]3CCCNCC3)n2)cn1. The zero-order chi connectivity index (χ0) is 15.6. The molecular weight excluding hydrogens is 292 g/mol. The van der Waals surface area contributed by atoms with Gasteiger partial charge in [0.25, 0.3) is 0 Å². The van der Waals surface area contributed by atoms with Crippen LogP contribution in [0.5, 0.6) is 5.88 Å². The summed E-state index contributed by atoms with van der Waals surface area (Å²) in [4.78, 5) is 4.72. The van der Waals surface area contributed by atoms with Crippen LogP contribution in [0.15, 0.2) is 30.9 Å². The summed E-state index contributed by atoms with van der Waals surface area (Å²) in [6, 6.07) is 1.93. The molecule has 0 radical (unpaired) electrons. The lowest BCUT2D eigenvalue weighted by Crippen LogP contribution is -2.20. The van der Waals surface area contributed by atoms with E-state index < -0.39 is 0 Å². The lowest BCUT2D eigenvalue weighted by Gasteiger charge is -2.17. The quantitative estimate of drug-likeness (QED) is 0.796. The van der Waals surface area contributed by atoms with Gasteiger partial charge in [-0.3, -0.25) is 4.68 Å². The first kappa shape index (κ1) is 14.2. The highest BCUT2D eigenvalue weighted by Crippen LogP contribution is 2.25. The first-order valence-corrected chi connectivity index (χ1v) is 8.00. The predicted octanol–water partition coefficient (Wildman–Crippen LogP) is 1.65. The highest BCUT2D eigenvalue weighted by Gasteiger charge is 2.17. The third-order valence-corrected chi connectivity index (χ3v) is 4.16. The van der Waals surface area contributed by atoms with Gasteiger partial charge < -0.3 is 10.1 Å². The predicted molar refractivity (Wildman–Crippen MR) is 86.3 cm³/mol. The summed E-state index contributed by atoms with van der Waals surface area (Å²) < 4.78 is 9.82. The Morgan fingerprint density at radius 1 is 1.22 bits per heavy atom. The van der Waals surface area contributed by atoms with Gasteiger partial charge in [-0.1, -0.05) is 0 Å². The maximum Gasteiger partial charge on any atom is 0.240 e. The summed E-state index contributed by atoms with van der Waals surface area (Å²) in [5.74, 6) is 0.649. The number of nitrogens with zero attached hydrogens (tertiary/aromatic N) is 5. The molecular formula is C16H20N6O. The van der Waals surface area contributed by atoms with Crippen molar-refractivity contribution in [3.63, 3.8) is 0 Å². The Labute approximate surface area is 134 Å². The Morgan fingerprint density at radius 3 is 3.04 bits per heavy atom. The fourth-order valence-electron chi connectivity index (χ4n) is 2.94.